The van der Waals surface area contributed by atoms with Crippen molar-refractivity contribution in [1.82, 2.24) is 14.5 Å². The molecule has 5 rings (SSSR count). The van der Waals surface area contributed by atoms with E-state index in [0.29, 0.717) is 34.8 Å². The predicted octanol–water partition coefficient (Wildman–Crippen LogP) is 5.52. The van der Waals surface area contributed by atoms with Gasteiger partial charge in [0.15, 0.2) is 5.69 Å². The maximum Gasteiger partial charge on any atom is 0.295 e. The molecule has 1 saturated carbocycles. The molecule has 32 heavy (non-hydrogen) atoms. The minimum atomic E-state index is -0.466. The molecule has 0 spiro atoms. The second kappa shape index (κ2) is 7.52. The minimum absolute atomic E-state index is 0.0448. The fourth-order valence-corrected chi connectivity index (χ4v) is 6.08. The lowest BCUT2D eigenvalue weighted by Gasteiger charge is -2.40. The van der Waals surface area contributed by atoms with Crippen LogP contribution in [0.4, 0.5) is 5.69 Å². The van der Waals surface area contributed by atoms with E-state index in [1.165, 1.54) is 12.8 Å². The number of aromatic hydroxyl groups is 1. The summed E-state index contributed by atoms with van der Waals surface area (Å²) in [6.45, 7) is 8.73. The van der Waals surface area contributed by atoms with E-state index in [2.05, 4.69) is 40.9 Å². The van der Waals surface area contributed by atoms with Crippen molar-refractivity contribution in [2.45, 2.75) is 52.7 Å². The van der Waals surface area contributed by atoms with Crippen molar-refractivity contribution in [1.29, 1.82) is 0 Å². The Morgan fingerprint density at radius 1 is 1.16 bits per heavy atom. The minimum Gasteiger partial charge on any atom is -0.493 e. The van der Waals surface area contributed by atoms with Crippen molar-refractivity contribution >= 4 is 22.5 Å². The average Bonchev–Trinajstić information content (AvgIpc) is 3.15. The molecular formula is C25H29N5O2. The van der Waals surface area contributed by atoms with Crippen LogP contribution in [0.3, 0.4) is 0 Å². The van der Waals surface area contributed by atoms with Crippen molar-refractivity contribution in [3.05, 3.63) is 54.4 Å². The Morgan fingerprint density at radius 2 is 1.91 bits per heavy atom. The first-order chi connectivity index (χ1) is 15.2. The summed E-state index contributed by atoms with van der Waals surface area (Å²) in [7, 11) is 0. The molecule has 7 nitrogen and oxygen atoms in total. The summed E-state index contributed by atoms with van der Waals surface area (Å²) in [5.41, 5.74) is 2.27. The fraction of sp³-hybridized carbons (Fsp3) is 0.440. The van der Waals surface area contributed by atoms with E-state index in [4.69, 9.17) is 0 Å². The molecule has 7 heteroatoms. The van der Waals surface area contributed by atoms with Crippen LogP contribution in [0.2, 0.25) is 0 Å². The molecule has 1 saturated heterocycles. The number of benzene rings is 1. The molecule has 0 unspecified atom stereocenters. The number of likely N-dealkylation sites (tertiary alicyclic amines) is 1. The van der Waals surface area contributed by atoms with Crippen LogP contribution in [-0.4, -0.2) is 38.1 Å². The largest absolute Gasteiger partial charge is 0.493 e. The molecule has 166 valence electrons. The van der Waals surface area contributed by atoms with E-state index in [1.807, 2.05) is 28.8 Å². The van der Waals surface area contributed by atoms with Gasteiger partial charge in [-0.05, 0) is 48.3 Å². The molecule has 1 N–H and O–H groups in total. The molecule has 1 amide bonds. The van der Waals surface area contributed by atoms with Crippen molar-refractivity contribution in [3.8, 4) is 5.88 Å². The standard InChI is InChI=1S/C25H29N5O2/c1-24(2)12-18-13-25(3,14-24)15-29(18)16-30-20-7-5-4-6-19(20)21(23(30)32)27-28-22(31)17-8-10-26-11-9-17/h4-11,18,32H,12-16H2,1-3H3/t18-,25-/m1/s1. The van der Waals surface area contributed by atoms with Gasteiger partial charge in [-0.15, -0.1) is 10.2 Å². The first-order valence-electron chi connectivity index (χ1n) is 11.2. The molecule has 3 aromatic rings. The summed E-state index contributed by atoms with van der Waals surface area (Å²) in [6.07, 6.45) is 6.67. The number of pyridine rings is 1. The fourth-order valence-electron chi connectivity index (χ4n) is 6.08. The van der Waals surface area contributed by atoms with E-state index in [-0.39, 0.29) is 5.88 Å². The van der Waals surface area contributed by atoms with Crippen LogP contribution in [0.25, 0.3) is 10.9 Å². The van der Waals surface area contributed by atoms with Crippen LogP contribution in [0, 0.1) is 10.8 Å². The van der Waals surface area contributed by atoms with Gasteiger partial charge in [0.1, 0.15) is 0 Å². The molecule has 2 aromatic heterocycles. The van der Waals surface area contributed by atoms with Gasteiger partial charge >= 0.3 is 0 Å². The zero-order chi connectivity index (χ0) is 22.5. The van der Waals surface area contributed by atoms with Crippen LogP contribution in [-0.2, 0) is 6.67 Å². The van der Waals surface area contributed by atoms with Gasteiger partial charge in [0.2, 0.25) is 5.88 Å². The summed E-state index contributed by atoms with van der Waals surface area (Å²) in [6, 6.07) is 11.4. The summed E-state index contributed by atoms with van der Waals surface area (Å²) in [4.78, 5) is 18.8. The maximum atomic E-state index is 12.4. The maximum absolute atomic E-state index is 12.4. The highest BCUT2D eigenvalue weighted by Gasteiger charge is 2.49. The third kappa shape index (κ3) is 3.71. The predicted molar refractivity (Wildman–Crippen MR) is 123 cm³/mol. The molecule has 1 aliphatic carbocycles. The normalized spacial score (nSPS) is 25.0. The second-order valence-corrected chi connectivity index (χ2v) is 10.5. The number of carbonyl (C=O) groups excluding carboxylic acids is 1. The molecule has 2 atom stereocenters. The lowest BCUT2D eigenvalue weighted by Crippen LogP contribution is -2.35. The zero-order valence-electron chi connectivity index (χ0n) is 18.8. The molecule has 1 aliphatic heterocycles. The highest BCUT2D eigenvalue weighted by Crippen LogP contribution is 2.53. The van der Waals surface area contributed by atoms with Crippen molar-refractivity contribution in [2.24, 2.45) is 21.1 Å². The van der Waals surface area contributed by atoms with Gasteiger partial charge in [0.25, 0.3) is 5.91 Å². The SMILES string of the molecule is CC1(C)C[C@@H]2C[C@@](C)(CN2Cn2c(O)c(N=NC(=O)c3ccncc3)c3ccccc32)C1. The highest BCUT2D eigenvalue weighted by molar-refractivity contribution is 5.97. The van der Waals surface area contributed by atoms with Gasteiger partial charge in [-0.3, -0.25) is 19.2 Å². The van der Waals surface area contributed by atoms with Gasteiger partial charge in [-0.1, -0.05) is 39.0 Å². The first-order valence-corrected chi connectivity index (χ1v) is 11.2. The molecule has 3 heterocycles. The van der Waals surface area contributed by atoms with Crippen molar-refractivity contribution < 1.29 is 9.90 Å². The number of aromatic nitrogens is 2. The van der Waals surface area contributed by atoms with Gasteiger partial charge < -0.3 is 5.11 Å². The molecule has 0 radical (unpaired) electrons. The number of azo groups is 1. The summed E-state index contributed by atoms with van der Waals surface area (Å²) in [5, 5.41) is 20.0. The number of fused-ring (bicyclic) bond motifs is 3. The molecular weight excluding hydrogens is 402 g/mol. The lowest BCUT2D eigenvalue weighted by atomic mass is 9.65. The number of para-hydroxylation sites is 1. The van der Waals surface area contributed by atoms with Gasteiger partial charge in [-0.2, -0.15) is 0 Å². The van der Waals surface area contributed by atoms with Crippen LogP contribution in [0.5, 0.6) is 5.88 Å². The third-order valence-corrected chi connectivity index (χ3v) is 6.93. The Hall–Kier alpha value is -3.06. The zero-order valence-corrected chi connectivity index (χ0v) is 18.8. The average molecular weight is 432 g/mol. The monoisotopic (exact) mass is 431 g/mol. The quantitative estimate of drug-likeness (QED) is 0.551. The molecule has 1 aromatic carbocycles. The van der Waals surface area contributed by atoms with Crippen LogP contribution in [0.15, 0.2) is 59.0 Å². The van der Waals surface area contributed by atoms with Crippen LogP contribution in [0.1, 0.15) is 50.4 Å². The van der Waals surface area contributed by atoms with Crippen LogP contribution >= 0.6 is 0 Å². The number of amides is 1. The lowest BCUT2D eigenvalue weighted by molar-refractivity contribution is 0.0995. The topological polar surface area (TPSA) is 83.1 Å². The van der Waals surface area contributed by atoms with Crippen LogP contribution < -0.4 is 0 Å². The summed E-state index contributed by atoms with van der Waals surface area (Å²) in [5.74, 6) is -0.421. The Bertz CT molecular complexity index is 1200. The second-order valence-electron chi connectivity index (χ2n) is 10.5. The van der Waals surface area contributed by atoms with E-state index >= 15 is 0 Å². The van der Waals surface area contributed by atoms with Crippen molar-refractivity contribution in [3.63, 3.8) is 0 Å². The molecule has 2 fully saturated rings. The number of hydrogen-bond acceptors (Lipinski definition) is 5. The summed E-state index contributed by atoms with van der Waals surface area (Å²) >= 11 is 0. The van der Waals surface area contributed by atoms with E-state index in [0.717, 1.165) is 23.9 Å². The number of hydrogen-bond donors (Lipinski definition) is 1. The Labute approximate surface area is 187 Å². The highest BCUT2D eigenvalue weighted by atomic mass is 16.3. The Balaban J connectivity index is 1.47. The van der Waals surface area contributed by atoms with Gasteiger partial charge in [-0.25, -0.2) is 0 Å². The number of nitrogens with zero attached hydrogens (tertiary/aromatic N) is 5. The van der Waals surface area contributed by atoms with Gasteiger partial charge in [0.05, 0.1) is 12.2 Å². The van der Waals surface area contributed by atoms with E-state index in [1.54, 1.807) is 24.5 Å². The smallest absolute Gasteiger partial charge is 0.295 e. The third-order valence-electron chi connectivity index (χ3n) is 6.93. The van der Waals surface area contributed by atoms with E-state index < -0.39 is 5.91 Å². The first kappa shape index (κ1) is 20.8. The molecule has 2 aliphatic rings. The number of rotatable bonds is 4. The van der Waals surface area contributed by atoms with Crippen molar-refractivity contribution in [2.75, 3.05) is 6.54 Å². The summed E-state index contributed by atoms with van der Waals surface area (Å²) < 4.78 is 1.90. The Morgan fingerprint density at radius 3 is 2.69 bits per heavy atom. The van der Waals surface area contributed by atoms with Gasteiger partial charge in [0, 0.05) is 35.9 Å². The molecule has 2 bridgehead atoms. The van der Waals surface area contributed by atoms with E-state index in [9.17, 15) is 9.90 Å². The Kier molecular flexibility index (Phi) is 4.89. The number of carbonyl (C=O) groups is 1.